The van der Waals surface area contributed by atoms with Gasteiger partial charge in [0.25, 0.3) is 0 Å². The topological polar surface area (TPSA) is 78.9 Å². The van der Waals surface area contributed by atoms with Gasteiger partial charge in [0, 0.05) is 19.3 Å². The van der Waals surface area contributed by atoms with E-state index in [0.29, 0.717) is 19.3 Å². The summed E-state index contributed by atoms with van der Waals surface area (Å²) in [6, 6.07) is 0. The van der Waals surface area contributed by atoms with E-state index in [2.05, 4.69) is 136 Å². The fourth-order valence-electron chi connectivity index (χ4n) is 9.29. The lowest BCUT2D eigenvalue weighted by atomic mass is 10.0. The Morgan fingerprint density at radius 2 is 0.512 bits per heavy atom. The molecule has 0 fully saturated rings. The number of hydrogen-bond acceptors (Lipinski definition) is 6. The molecule has 0 saturated carbocycles. The summed E-state index contributed by atoms with van der Waals surface area (Å²) in [6.45, 7) is 6.39. The highest BCUT2D eigenvalue weighted by atomic mass is 16.6. The summed E-state index contributed by atoms with van der Waals surface area (Å²) in [4.78, 5) is 38.4. The predicted octanol–water partition coefficient (Wildman–Crippen LogP) is 23.2. The molecule has 0 aliphatic rings. The Morgan fingerprint density at radius 3 is 0.812 bits per heavy atom. The quantitative estimate of drug-likeness (QED) is 0.0261. The van der Waals surface area contributed by atoms with Crippen molar-refractivity contribution in [3.63, 3.8) is 0 Å². The van der Waals surface area contributed by atoms with Crippen molar-refractivity contribution < 1.29 is 28.6 Å². The van der Waals surface area contributed by atoms with E-state index in [4.69, 9.17) is 14.2 Å². The normalized spacial score (nSPS) is 12.9. The molecule has 0 radical (unpaired) electrons. The van der Waals surface area contributed by atoms with Crippen molar-refractivity contribution in [2.45, 2.75) is 316 Å². The monoisotopic (exact) mass is 1110 g/mol. The van der Waals surface area contributed by atoms with E-state index in [-0.39, 0.29) is 31.6 Å². The molecule has 0 saturated heterocycles. The lowest BCUT2D eigenvalue weighted by molar-refractivity contribution is -0.166. The Morgan fingerprint density at radius 1 is 0.263 bits per heavy atom. The van der Waals surface area contributed by atoms with Crippen molar-refractivity contribution >= 4 is 17.9 Å². The van der Waals surface area contributed by atoms with Gasteiger partial charge >= 0.3 is 17.9 Å². The third-order valence-corrected chi connectivity index (χ3v) is 14.2. The number of carbonyl (C=O) groups is 3. The number of carbonyl (C=O) groups excluding carboxylic acids is 3. The zero-order chi connectivity index (χ0) is 57.8. The number of esters is 3. The molecule has 0 aromatic heterocycles. The van der Waals surface area contributed by atoms with Gasteiger partial charge in [-0.3, -0.25) is 14.4 Å². The molecule has 1 atom stereocenters. The van der Waals surface area contributed by atoms with E-state index >= 15 is 0 Å². The van der Waals surface area contributed by atoms with Crippen molar-refractivity contribution in [1.82, 2.24) is 0 Å². The fourth-order valence-corrected chi connectivity index (χ4v) is 9.29. The van der Waals surface area contributed by atoms with Crippen molar-refractivity contribution in [2.75, 3.05) is 13.2 Å². The minimum atomic E-state index is -0.822. The van der Waals surface area contributed by atoms with Crippen LogP contribution in [0.5, 0.6) is 0 Å². The number of ether oxygens (including phenoxy) is 3. The van der Waals surface area contributed by atoms with Crippen LogP contribution in [0.3, 0.4) is 0 Å². The molecule has 0 aliphatic heterocycles. The third-order valence-electron chi connectivity index (χ3n) is 14.2. The second kappa shape index (κ2) is 67.3. The van der Waals surface area contributed by atoms with Crippen LogP contribution in [0.25, 0.3) is 0 Å². The van der Waals surface area contributed by atoms with E-state index in [1.807, 2.05) is 6.08 Å². The first-order chi connectivity index (χ1) is 39.5. The fraction of sp³-hybridized carbons (Fsp3) is 0.689. The maximum Gasteiger partial charge on any atom is 0.306 e. The lowest BCUT2D eigenvalue weighted by Crippen LogP contribution is -2.30. The standard InChI is InChI=1S/C74H124O6/c1-4-7-10-13-16-19-22-25-28-31-34-35-36-37-38-39-41-43-46-49-52-55-58-61-64-67-73(76)79-70-71(69-78-72(75)66-63-60-57-54-51-48-45-42-33-30-27-24-21-18-15-12-9-6-3)80-74(77)68-65-62-59-56-53-50-47-44-40-32-29-26-23-20-17-14-11-8-5-2/h7-8,10-11,16-17,19-20,25-26,28-29,34-35,40,44,50,53,59,62,71H,4-6,9,12-15,18,21-24,27,30-33,36-39,41-43,45-49,51-52,54-58,60-61,63-70H2,1-3H3/b10-7-,11-8-,19-16-,20-17-,28-25-,29-26-,35-34-,44-40-,53-50-,62-59-. The van der Waals surface area contributed by atoms with Crippen LogP contribution < -0.4 is 0 Å². The van der Waals surface area contributed by atoms with Gasteiger partial charge in [-0.15, -0.1) is 0 Å². The maximum atomic E-state index is 12.9. The van der Waals surface area contributed by atoms with Crippen LogP contribution in [0.2, 0.25) is 0 Å². The second-order valence-electron chi connectivity index (χ2n) is 22.0. The van der Waals surface area contributed by atoms with Crippen LogP contribution in [-0.2, 0) is 28.6 Å². The minimum Gasteiger partial charge on any atom is -0.462 e. The Hall–Kier alpha value is -4.19. The van der Waals surface area contributed by atoms with Gasteiger partial charge in [0.05, 0.1) is 0 Å². The summed E-state index contributed by atoms with van der Waals surface area (Å²) >= 11 is 0. The van der Waals surface area contributed by atoms with Crippen molar-refractivity contribution in [3.05, 3.63) is 122 Å². The number of rotatable bonds is 60. The van der Waals surface area contributed by atoms with E-state index in [9.17, 15) is 14.4 Å². The Bertz CT molecular complexity index is 1650. The van der Waals surface area contributed by atoms with E-state index in [0.717, 1.165) is 103 Å². The molecule has 0 heterocycles. The molecule has 0 N–H and O–H groups in total. The SMILES string of the molecule is CC/C=C\C/C=C\C/C=C\C/C=C\C/C=C\C/C=C\CCC(=O)OC(COC(=O)CCCCCCCCCCCCCC/C=C\C/C=C\C/C=C\C/C=C\CC)COC(=O)CCCCCCCCCCCCCCCCCCCC. The third kappa shape index (κ3) is 64.6. The van der Waals surface area contributed by atoms with E-state index in [1.165, 1.54) is 161 Å². The molecular formula is C74H124O6. The van der Waals surface area contributed by atoms with Crippen molar-refractivity contribution in [3.8, 4) is 0 Å². The van der Waals surface area contributed by atoms with Crippen LogP contribution >= 0.6 is 0 Å². The lowest BCUT2D eigenvalue weighted by Gasteiger charge is -2.18. The summed E-state index contributed by atoms with van der Waals surface area (Å²) in [6.07, 6.45) is 93.7. The summed E-state index contributed by atoms with van der Waals surface area (Å²) < 4.78 is 16.9. The molecule has 456 valence electrons. The van der Waals surface area contributed by atoms with Gasteiger partial charge in [-0.2, -0.15) is 0 Å². The average Bonchev–Trinajstić information content (AvgIpc) is 3.46. The number of allylic oxidation sites excluding steroid dienone is 20. The van der Waals surface area contributed by atoms with Gasteiger partial charge in [-0.05, 0) is 96.3 Å². The van der Waals surface area contributed by atoms with Crippen LogP contribution in [0.15, 0.2) is 122 Å². The first-order valence-electron chi connectivity index (χ1n) is 33.5. The summed E-state index contributed by atoms with van der Waals surface area (Å²) in [5.74, 6) is -0.984. The Balaban J connectivity index is 4.44. The zero-order valence-electron chi connectivity index (χ0n) is 52.3. The highest BCUT2D eigenvalue weighted by Crippen LogP contribution is 2.17. The van der Waals surface area contributed by atoms with Crippen LogP contribution in [0, 0.1) is 0 Å². The van der Waals surface area contributed by atoms with Gasteiger partial charge < -0.3 is 14.2 Å². The maximum absolute atomic E-state index is 12.9. The Kier molecular flexibility index (Phi) is 63.8. The molecule has 80 heavy (non-hydrogen) atoms. The van der Waals surface area contributed by atoms with Gasteiger partial charge in [0.2, 0.25) is 0 Å². The summed E-state index contributed by atoms with van der Waals surface area (Å²) in [5, 5.41) is 0. The molecule has 0 aromatic rings. The molecule has 6 heteroatoms. The summed E-state index contributed by atoms with van der Waals surface area (Å²) in [5.41, 5.74) is 0. The van der Waals surface area contributed by atoms with Crippen LogP contribution in [-0.4, -0.2) is 37.2 Å². The van der Waals surface area contributed by atoms with Crippen molar-refractivity contribution in [1.29, 1.82) is 0 Å². The molecule has 1 unspecified atom stereocenters. The van der Waals surface area contributed by atoms with Crippen LogP contribution in [0.1, 0.15) is 310 Å². The van der Waals surface area contributed by atoms with Crippen LogP contribution in [0.4, 0.5) is 0 Å². The smallest absolute Gasteiger partial charge is 0.306 e. The highest BCUT2D eigenvalue weighted by molar-refractivity contribution is 5.71. The van der Waals surface area contributed by atoms with Gasteiger partial charge in [0.15, 0.2) is 6.10 Å². The van der Waals surface area contributed by atoms with E-state index < -0.39 is 12.1 Å². The first-order valence-corrected chi connectivity index (χ1v) is 33.5. The average molecular weight is 1110 g/mol. The van der Waals surface area contributed by atoms with Crippen molar-refractivity contribution in [2.24, 2.45) is 0 Å². The number of unbranched alkanes of at least 4 members (excludes halogenated alkanes) is 29. The zero-order valence-corrected chi connectivity index (χ0v) is 52.3. The van der Waals surface area contributed by atoms with E-state index in [1.54, 1.807) is 0 Å². The molecule has 0 aliphatic carbocycles. The molecule has 0 amide bonds. The summed E-state index contributed by atoms with van der Waals surface area (Å²) in [7, 11) is 0. The molecule has 0 aromatic carbocycles. The largest absolute Gasteiger partial charge is 0.462 e. The second-order valence-corrected chi connectivity index (χ2v) is 22.0. The minimum absolute atomic E-state index is 0.108. The molecule has 0 spiro atoms. The first kappa shape index (κ1) is 75.8. The Labute approximate surface area is 494 Å². The highest BCUT2D eigenvalue weighted by Gasteiger charge is 2.19. The molecule has 0 rings (SSSR count). The van der Waals surface area contributed by atoms with Gasteiger partial charge in [-0.25, -0.2) is 0 Å². The molecular weight excluding hydrogens is 985 g/mol. The predicted molar refractivity (Wildman–Crippen MR) is 348 cm³/mol. The number of hydrogen-bond donors (Lipinski definition) is 0. The van der Waals surface area contributed by atoms with Gasteiger partial charge in [0.1, 0.15) is 13.2 Å². The molecule has 0 bridgehead atoms. The van der Waals surface area contributed by atoms with Gasteiger partial charge in [-0.1, -0.05) is 316 Å². The molecule has 6 nitrogen and oxygen atoms in total.